The average Bonchev–Trinajstić information content (AvgIpc) is 3.00. The summed E-state index contributed by atoms with van der Waals surface area (Å²) in [6.07, 6.45) is -0.549. The van der Waals surface area contributed by atoms with Crippen LogP contribution in [0.3, 0.4) is 0 Å². The van der Waals surface area contributed by atoms with E-state index in [-0.39, 0.29) is 12.3 Å². The summed E-state index contributed by atoms with van der Waals surface area (Å²) in [6, 6.07) is 7.37. The predicted molar refractivity (Wildman–Crippen MR) is 90.2 cm³/mol. The molecule has 1 aliphatic heterocycles. The molecule has 2 aromatic rings. The van der Waals surface area contributed by atoms with Crippen molar-refractivity contribution in [2.75, 3.05) is 19.7 Å². The lowest BCUT2D eigenvalue weighted by atomic mass is 10.1. The first-order valence-corrected chi connectivity index (χ1v) is 8.56. The second-order valence-electron chi connectivity index (χ2n) is 5.67. The minimum absolute atomic E-state index is 0.0953. The highest BCUT2D eigenvalue weighted by Crippen LogP contribution is 2.23. The van der Waals surface area contributed by atoms with Gasteiger partial charge in [-0.2, -0.15) is 0 Å². The summed E-state index contributed by atoms with van der Waals surface area (Å²) in [5.41, 5.74) is 2.34. The molecule has 1 aliphatic rings. The van der Waals surface area contributed by atoms with Crippen LogP contribution in [0.2, 0.25) is 0 Å². The van der Waals surface area contributed by atoms with Crippen molar-refractivity contribution in [1.29, 1.82) is 0 Å². The summed E-state index contributed by atoms with van der Waals surface area (Å²) < 4.78 is 5.42. The van der Waals surface area contributed by atoms with Crippen LogP contribution in [0.25, 0.3) is 11.3 Å². The van der Waals surface area contributed by atoms with E-state index in [0.717, 1.165) is 16.3 Å². The number of amides is 1. The van der Waals surface area contributed by atoms with Gasteiger partial charge in [-0.25, -0.2) is 4.98 Å². The Bertz CT molecular complexity index is 759. The molecule has 7 heteroatoms. The number of aliphatic carboxylic acids is 1. The number of aromatic nitrogens is 1. The van der Waals surface area contributed by atoms with Gasteiger partial charge in [0.25, 0.3) is 5.91 Å². The number of rotatable bonds is 4. The van der Waals surface area contributed by atoms with Crippen LogP contribution in [0.15, 0.2) is 29.6 Å². The molecule has 1 amide bonds. The normalized spacial score (nSPS) is 17.7. The average molecular weight is 346 g/mol. The summed E-state index contributed by atoms with van der Waals surface area (Å²) in [5.74, 6) is -1.03. The maximum absolute atomic E-state index is 12.7. The predicted octanol–water partition coefficient (Wildman–Crippen LogP) is 2.43. The molecule has 6 nitrogen and oxygen atoms in total. The number of thiazole rings is 1. The first-order valence-electron chi connectivity index (χ1n) is 7.68. The van der Waals surface area contributed by atoms with Crippen LogP contribution in [0.1, 0.15) is 21.8 Å². The van der Waals surface area contributed by atoms with Crippen molar-refractivity contribution in [2.45, 2.75) is 19.4 Å². The lowest BCUT2D eigenvalue weighted by Gasteiger charge is -2.32. The van der Waals surface area contributed by atoms with Crippen LogP contribution < -0.4 is 0 Å². The molecule has 1 unspecified atom stereocenters. The molecule has 0 aliphatic carbocycles. The second kappa shape index (κ2) is 7.11. The summed E-state index contributed by atoms with van der Waals surface area (Å²) in [7, 11) is 0. The number of ether oxygens (including phenoxy) is 1. The molecule has 1 atom stereocenters. The number of carboxylic acids is 1. The molecule has 1 fully saturated rings. The third kappa shape index (κ3) is 3.80. The Hall–Kier alpha value is -2.25. The molecule has 2 heterocycles. The van der Waals surface area contributed by atoms with E-state index in [4.69, 9.17) is 9.84 Å². The zero-order valence-corrected chi connectivity index (χ0v) is 14.1. The molecule has 1 saturated heterocycles. The number of aryl methyl sites for hydroxylation is 1. The second-order valence-corrected chi connectivity index (χ2v) is 6.74. The van der Waals surface area contributed by atoms with Crippen molar-refractivity contribution in [2.24, 2.45) is 0 Å². The number of hydrogen-bond donors (Lipinski definition) is 1. The molecule has 0 spiro atoms. The van der Waals surface area contributed by atoms with Crippen LogP contribution in [0, 0.1) is 6.92 Å². The fourth-order valence-electron chi connectivity index (χ4n) is 2.71. The number of nitrogens with zero attached hydrogens (tertiary/aromatic N) is 2. The van der Waals surface area contributed by atoms with E-state index < -0.39 is 12.1 Å². The molecular formula is C17H18N2O4S. The lowest BCUT2D eigenvalue weighted by molar-refractivity contribution is -0.141. The Balaban J connectivity index is 1.76. The SMILES string of the molecule is Cc1nc(-c2cccc(C(=O)N3CCOC(CC(=O)O)C3)c2)cs1. The van der Waals surface area contributed by atoms with Gasteiger partial charge in [-0.05, 0) is 19.1 Å². The Morgan fingerprint density at radius 1 is 1.46 bits per heavy atom. The van der Waals surface area contributed by atoms with Crippen LogP contribution in [-0.4, -0.2) is 52.7 Å². The standard InChI is InChI=1S/C17H18N2O4S/c1-11-18-15(10-24-11)12-3-2-4-13(7-12)17(22)19-5-6-23-14(9-19)8-16(20)21/h2-4,7,10,14H,5-6,8-9H2,1H3,(H,20,21). The molecule has 1 aromatic carbocycles. The van der Waals surface area contributed by atoms with E-state index in [1.807, 2.05) is 30.5 Å². The summed E-state index contributed by atoms with van der Waals surface area (Å²) in [6.45, 7) is 3.06. The fraction of sp³-hybridized carbons (Fsp3) is 0.353. The summed E-state index contributed by atoms with van der Waals surface area (Å²) >= 11 is 1.57. The van der Waals surface area contributed by atoms with Crippen LogP contribution in [0.5, 0.6) is 0 Å². The minimum Gasteiger partial charge on any atom is -0.481 e. The minimum atomic E-state index is -0.921. The maximum Gasteiger partial charge on any atom is 0.306 e. The molecule has 1 N–H and O–H groups in total. The van der Waals surface area contributed by atoms with Gasteiger partial charge in [0.05, 0.1) is 29.8 Å². The number of morpholine rings is 1. The third-order valence-electron chi connectivity index (χ3n) is 3.85. The zero-order chi connectivity index (χ0) is 17.1. The number of carbonyl (C=O) groups excluding carboxylic acids is 1. The Labute approximate surface area is 143 Å². The Kier molecular flexibility index (Phi) is 4.92. The number of hydrogen-bond acceptors (Lipinski definition) is 5. The molecule has 24 heavy (non-hydrogen) atoms. The smallest absolute Gasteiger partial charge is 0.306 e. The fourth-order valence-corrected chi connectivity index (χ4v) is 3.33. The summed E-state index contributed by atoms with van der Waals surface area (Å²) in [5, 5.41) is 11.8. The molecule has 0 saturated carbocycles. The van der Waals surface area contributed by atoms with E-state index in [0.29, 0.717) is 25.3 Å². The molecule has 3 rings (SSSR count). The Morgan fingerprint density at radius 2 is 2.29 bits per heavy atom. The quantitative estimate of drug-likeness (QED) is 0.920. The van der Waals surface area contributed by atoms with Gasteiger partial charge in [0.1, 0.15) is 0 Å². The third-order valence-corrected chi connectivity index (χ3v) is 4.63. The molecular weight excluding hydrogens is 328 g/mol. The molecule has 1 aromatic heterocycles. The van der Waals surface area contributed by atoms with Crippen molar-refractivity contribution in [3.8, 4) is 11.3 Å². The van der Waals surface area contributed by atoms with Gasteiger partial charge in [0.15, 0.2) is 0 Å². The van der Waals surface area contributed by atoms with E-state index in [2.05, 4.69) is 4.98 Å². The monoisotopic (exact) mass is 346 g/mol. The van der Waals surface area contributed by atoms with Gasteiger partial charge in [0.2, 0.25) is 0 Å². The van der Waals surface area contributed by atoms with Gasteiger partial charge in [-0.15, -0.1) is 11.3 Å². The highest BCUT2D eigenvalue weighted by molar-refractivity contribution is 7.09. The van der Waals surface area contributed by atoms with Gasteiger partial charge in [0, 0.05) is 29.6 Å². The van der Waals surface area contributed by atoms with E-state index in [1.54, 1.807) is 22.3 Å². The Morgan fingerprint density at radius 3 is 3.00 bits per heavy atom. The largest absolute Gasteiger partial charge is 0.481 e. The van der Waals surface area contributed by atoms with E-state index in [9.17, 15) is 9.59 Å². The zero-order valence-electron chi connectivity index (χ0n) is 13.3. The highest BCUT2D eigenvalue weighted by atomic mass is 32.1. The molecule has 0 bridgehead atoms. The van der Waals surface area contributed by atoms with Crippen molar-refractivity contribution in [3.05, 3.63) is 40.2 Å². The summed E-state index contributed by atoms with van der Waals surface area (Å²) in [4.78, 5) is 29.7. The van der Waals surface area contributed by atoms with Crippen molar-refractivity contribution >= 4 is 23.2 Å². The van der Waals surface area contributed by atoms with E-state index >= 15 is 0 Å². The lowest BCUT2D eigenvalue weighted by Crippen LogP contribution is -2.46. The maximum atomic E-state index is 12.7. The molecule has 126 valence electrons. The van der Waals surface area contributed by atoms with Crippen LogP contribution in [0.4, 0.5) is 0 Å². The van der Waals surface area contributed by atoms with E-state index in [1.165, 1.54) is 0 Å². The van der Waals surface area contributed by atoms with Gasteiger partial charge in [-0.3, -0.25) is 9.59 Å². The number of carbonyl (C=O) groups is 2. The van der Waals surface area contributed by atoms with Crippen molar-refractivity contribution < 1.29 is 19.4 Å². The van der Waals surface area contributed by atoms with Crippen molar-refractivity contribution in [3.63, 3.8) is 0 Å². The number of carboxylic acid groups (broad SMARTS) is 1. The first kappa shape index (κ1) is 16.6. The number of benzene rings is 1. The van der Waals surface area contributed by atoms with Gasteiger partial charge >= 0.3 is 5.97 Å². The van der Waals surface area contributed by atoms with Crippen LogP contribution >= 0.6 is 11.3 Å². The van der Waals surface area contributed by atoms with Crippen LogP contribution in [-0.2, 0) is 9.53 Å². The first-order chi connectivity index (χ1) is 11.5. The highest BCUT2D eigenvalue weighted by Gasteiger charge is 2.26. The van der Waals surface area contributed by atoms with Gasteiger partial charge < -0.3 is 14.7 Å². The topological polar surface area (TPSA) is 79.7 Å². The van der Waals surface area contributed by atoms with Crippen molar-refractivity contribution in [1.82, 2.24) is 9.88 Å². The van der Waals surface area contributed by atoms with Gasteiger partial charge in [-0.1, -0.05) is 12.1 Å². The molecule has 0 radical (unpaired) electrons.